The molecule has 4 rings (SSSR count). The number of hydrogen-bond donors (Lipinski definition) is 0. The second kappa shape index (κ2) is 6.80. The highest BCUT2D eigenvalue weighted by atomic mass is 19.3. The molecular weight excluding hydrogens is 352 g/mol. The van der Waals surface area contributed by atoms with Crippen molar-refractivity contribution >= 4 is 0 Å². The number of benzene rings is 2. The van der Waals surface area contributed by atoms with Crippen LogP contribution >= 0.6 is 0 Å². The van der Waals surface area contributed by atoms with Crippen molar-refractivity contribution in [2.45, 2.75) is 46.0 Å². The average molecular weight is 378 g/mol. The minimum absolute atomic E-state index is 0.0450. The summed E-state index contributed by atoms with van der Waals surface area (Å²) >= 11 is 0. The van der Waals surface area contributed by atoms with Crippen molar-refractivity contribution in [3.05, 3.63) is 76.5 Å². The number of fused-ring (bicyclic) bond motifs is 1. The number of hydrogen-bond acceptors (Lipinski definition) is 0. The van der Waals surface area contributed by atoms with Gasteiger partial charge in [-0.2, -0.15) is 0 Å². The predicted octanol–water partition coefficient (Wildman–Crippen LogP) is 5.89. The van der Waals surface area contributed by atoms with Crippen molar-refractivity contribution in [3.63, 3.8) is 0 Å². The van der Waals surface area contributed by atoms with Crippen LogP contribution in [0.3, 0.4) is 0 Å². The molecule has 144 valence electrons. The molecule has 1 aromatic heterocycles. The Kier molecular flexibility index (Phi) is 4.57. The minimum Gasteiger partial charge on any atom is -0.207 e. The second-order valence-corrected chi connectivity index (χ2v) is 8.18. The van der Waals surface area contributed by atoms with Gasteiger partial charge in [-0.3, -0.25) is 0 Å². The molecule has 3 aromatic rings. The lowest BCUT2D eigenvalue weighted by Gasteiger charge is -2.24. The molecular formula is C25H26F2N+. The molecule has 28 heavy (non-hydrogen) atoms. The summed E-state index contributed by atoms with van der Waals surface area (Å²) in [5, 5.41) is 0. The van der Waals surface area contributed by atoms with E-state index >= 15 is 0 Å². The molecule has 0 aliphatic heterocycles. The number of pyridine rings is 1. The Morgan fingerprint density at radius 2 is 1.64 bits per heavy atom. The lowest BCUT2D eigenvalue weighted by Crippen LogP contribution is -2.30. The first kappa shape index (κ1) is 18.8. The molecule has 1 heterocycles. The van der Waals surface area contributed by atoms with Gasteiger partial charge in [0.2, 0.25) is 5.69 Å². The molecule has 1 nitrogen and oxygen atoms in total. The molecule has 0 fully saturated rings. The molecule has 0 bridgehead atoms. The summed E-state index contributed by atoms with van der Waals surface area (Å²) in [4.78, 5) is 0. The van der Waals surface area contributed by atoms with Crippen molar-refractivity contribution in [2.24, 2.45) is 7.05 Å². The normalized spacial score (nSPS) is 15.4. The van der Waals surface area contributed by atoms with Crippen LogP contribution in [-0.4, -0.2) is 5.92 Å². The summed E-state index contributed by atoms with van der Waals surface area (Å²) in [6, 6.07) is 14.7. The number of aryl methyl sites for hydroxylation is 4. The van der Waals surface area contributed by atoms with E-state index in [1.807, 2.05) is 19.2 Å². The van der Waals surface area contributed by atoms with Gasteiger partial charge in [-0.05, 0) is 66.6 Å². The van der Waals surface area contributed by atoms with E-state index in [0.29, 0.717) is 6.42 Å². The molecule has 1 aliphatic carbocycles. The lowest BCUT2D eigenvalue weighted by atomic mass is 9.87. The first-order valence-corrected chi connectivity index (χ1v) is 9.81. The van der Waals surface area contributed by atoms with Crippen LogP contribution in [0.25, 0.3) is 22.4 Å². The van der Waals surface area contributed by atoms with E-state index in [2.05, 4.69) is 61.9 Å². The molecule has 0 radical (unpaired) electrons. The van der Waals surface area contributed by atoms with Crippen LogP contribution in [0, 0.1) is 20.8 Å². The lowest BCUT2D eigenvalue weighted by molar-refractivity contribution is -0.660. The standard InChI is InChI=1S/C25H26F2N/c1-16-11-17(2)18(3)23(12-16)24-14-21(8-10-28(24)4)20-6-5-19-7-9-25(26,27)15-22(19)13-20/h5-6,8,10-14H,7,9,15H2,1-4H3/q+1. The molecule has 0 spiro atoms. The third-order valence-corrected chi connectivity index (χ3v) is 5.99. The van der Waals surface area contributed by atoms with Crippen LogP contribution in [0.5, 0.6) is 0 Å². The van der Waals surface area contributed by atoms with Gasteiger partial charge in [0.1, 0.15) is 7.05 Å². The first-order chi connectivity index (χ1) is 13.2. The van der Waals surface area contributed by atoms with Crippen molar-refractivity contribution in [2.75, 3.05) is 0 Å². The Labute approximate surface area is 165 Å². The maximum absolute atomic E-state index is 13.9. The highest BCUT2D eigenvalue weighted by Gasteiger charge is 2.34. The van der Waals surface area contributed by atoms with Crippen LogP contribution in [0.2, 0.25) is 0 Å². The van der Waals surface area contributed by atoms with E-state index in [-0.39, 0.29) is 12.8 Å². The minimum atomic E-state index is -2.59. The summed E-state index contributed by atoms with van der Waals surface area (Å²) in [5.41, 5.74) is 10.0. The molecule has 1 aliphatic rings. The van der Waals surface area contributed by atoms with E-state index in [9.17, 15) is 8.78 Å². The van der Waals surface area contributed by atoms with Crippen molar-refractivity contribution in [1.29, 1.82) is 0 Å². The number of nitrogens with zero attached hydrogens (tertiary/aromatic N) is 1. The molecule has 0 amide bonds. The van der Waals surface area contributed by atoms with Gasteiger partial charge in [-0.25, -0.2) is 13.3 Å². The third kappa shape index (κ3) is 3.46. The monoisotopic (exact) mass is 378 g/mol. The maximum Gasteiger partial charge on any atom is 0.252 e. The highest BCUT2D eigenvalue weighted by molar-refractivity contribution is 5.72. The zero-order valence-electron chi connectivity index (χ0n) is 16.9. The van der Waals surface area contributed by atoms with Gasteiger partial charge in [0.05, 0.1) is 0 Å². The molecule has 0 saturated heterocycles. The number of aromatic nitrogens is 1. The van der Waals surface area contributed by atoms with Gasteiger partial charge in [-0.1, -0.05) is 29.8 Å². The first-order valence-electron chi connectivity index (χ1n) is 9.81. The van der Waals surface area contributed by atoms with Crippen LogP contribution in [0.15, 0.2) is 48.7 Å². The smallest absolute Gasteiger partial charge is 0.207 e. The average Bonchev–Trinajstić information content (AvgIpc) is 2.64. The number of halogens is 2. The van der Waals surface area contributed by atoms with Crippen LogP contribution in [0.1, 0.15) is 34.2 Å². The Hall–Kier alpha value is -2.55. The highest BCUT2D eigenvalue weighted by Crippen LogP contribution is 2.35. The van der Waals surface area contributed by atoms with Crippen molar-refractivity contribution in [3.8, 4) is 22.4 Å². The predicted molar refractivity (Wildman–Crippen MR) is 110 cm³/mol. The van der Waals surface area contributed by atoms with Gasteiger partial charge in [0.25, 0.3) is 5.92 Å². The fourth-order valence-electron chi connectivity index (χ4n) is 4.22. The van der Waals surface area contributed by atoms with Crippen molar-refractivity contribution in [1.82, 2.24) is 0 Å². The Bertz CT molecular complexity index is 1070. The summed E-state index contributed by atoms with van der Waals surface area (Å²) in [6.45, 7) is 6.40. The summed E-state index contributed by atoms with van der Waals surface area (Å²) < 4.78 is 29.9. The zero-order chi connectivity index (χ0) is 20.1. The summed E-state index contributed by atoms with van der Waals surface area (Å²) in [5.74, 6) is -2.59. The third-order valence-electron chi connectivity index (χ3n) is 5.99. The van der Waals surface area contributed by atoms with E-state index in [0.717, 1.165) is 27.9 Å². The largest absolute Gasteiger partial charge is 0.252 e. The van der Waals surface area contributed by atoms with Gasteiger partial charge in [0, 0.05) is 30.5 Å². The fourth-order valence-corrected chi connectivity index (χ4v) is 4.22. The van der Waals surface area contributed by atoms with Crippen LogP contribution in [0.4, 0.5) is 8.78 Å². The maximum atomic E-state index is 13.9. The molecule has 2 aromatic carbocycles. The SMILES string of the molecule is Cc1cc(C)c(C)c(-c2cc(-c3ccc4c(c3)CC(F)(F)CC4)cc[n+]2C)c1. The zero-order valence-corrected chi connectivity index (χ0v) is 16.9. The van der Waals surface area contributed by atoms with E-state index in [1.165, 1.54) is 22.3 Å². The Morgan fingerprint density at radius 3 is 2.43 bits per heavy atom. The quantitative estimate of drug-likeness (QED) is 0.489. The number of rotatable bonds is 2. The molecule has 3 heteroatoms. The Morgan fingerprint density at radius 1 is 0.893 bits per heavy atom. The molecule has 0 unspecified atom stereocenters. The number of alkyl halides is 2. The van der Waals surface area contributed by atoms with E-state index < -0.39 is 5.92 Å². The van der Waals surface area contributed by atoms with E-state index in [1.54, 1.807) is 0 Å². The van der Waals surface area contributed by atoms with Crippen LogP contribution < -0.4 is 4.57 Å². The Balaban J connectivity index is 1.81. The van der Waals surface area contributed by atoms with Gasteiger partial charge >= 0.3 is 0 Å². The van der Waals surface area contributed by atoms with Gasteiger partial charge in [-0.15, -0.1) is 0 Å². The summed E-state index contributed by atoms with van der Waals surface area (Å²) in [6.07, 6.45) is 2.31. The fraction of sp³-hybridized carbons (Fsp3) is 0.320. The molecule has 0 saturated carbocycles. The summed E-state index contributed by atoms with van der Waals surface area (Å²) in [7, 11) is 2.05. The molecule has 0 atom stereocenters. The van der Waals surface area contributed by atoms with Gasteiger partial charge in [0.15, 0.2) is 6.20 Å². The topological polar surface area (TPSA) is 3.88 Å². The second-order valence-electron chi connectivity index (χ2n) is 8.18. The van der Waals surface area contributed by atoms with E-state index in [4.69, 9.17) is 0 Å². The van der Waals surface area contributed by atoms with Crippen LogP contribution in [-0.2, 0) is 19.9 Å². The van der Waals surface area contributed by atoms with Crippen molar-refractivity contribution < 1.29 is 13.3 Å². The molecule has 0 N–H and O–H groups in total. The van der Waals surface area contributed by atoms with Gasteiger partial charge < -0.3 is 0 Å².